The Bertz CT molecular complexity index is 769. The van der Waals surface area contributed by atoms with E-state index in [1.54, 1.807) is 7.11 Å². The topological polar surface area (TPSA) is 61.9 Å². The van der Waals surface area contributed by atoms with Gasteiger partial charge in [0.1, 0.15) is 12.3 Å². The number of methoxy groups -OCH3 is 1. The summed E-state index contributed by atoms with van der Waals surface area (Å²) in [4.78, 5) is 28.1. The first-order valence-electron chi connectivity index (χ1n) is 9.50. The van der Waals surface area contributed by atoms with Crippen LogP contribution in [0, 0.1) is 0 Å². The number of carbonyl (C=O) groups is 2. The number of carbonyl (C=O) groups excluding carboxylic acids is 2. The summed E-state index contributed by atoms with van der Waals surface area (Å²) in [6, 6.07) is 15.2. The molecule has 0 aliphatic rings. The molecule has 0 unspecified atom stereocenters. The Kier molecular flexibility index (Phi) is 7.87. The van der Waals surface area contributed by atoms with Crippen LogP contribution < -0.4 is 15.0 Å². The van der Waals surface area contributed by atoms with Crippen molar-refractivity contribution in [2.24, 2.45) is 0 Å². The molecule has 2 amide bonds. The van der Waals surface area contributed by atoms with E-state index in [9.17, 15) is 9.59 Å². The largest absolute Gasteiger partial charge is 0.497 e. The number of ether oxygens (including phenoxy) is 1. The number of hydrogen-bond donors (Lipinski definition) is 1. The van der Waals surface area contributed by atoms with Gasteiger partial charge in [0, 0.05) is 37.9 Å². The van der Waals surface area contributed by atoms with Crippen molar-refractivity contribution in [3.05, 3.63) is 54.1 Å². The Morgan fingerprint density at radius 1 is 0.964 bits per heavy atom. The lowest BCUT2D eigenvalue weighted by Crippen LogP contribution is -2.36. The number of hydrogen-bond acceptors (Lipinski definition) is 4. The number of anilines is 2. The van der Waals surface area contributed by atoms with Gasteiger partial charge in [0.2, 0.25) is 11.8 Å². The van der Waals surface area contributed by atoms with Crippen molar-refractivity contribution in [2.75, 3.05) is 37.0 Å². The fourth-order valence-corrected chi connectivity index (χ4v) is 2.95. The zero-order chi connectivity index (χ0) is 20.5. The first-order valence-corrected chi connectivity index (χ1v) is 9.50. The van der Waals surface area contributed by atoms with Gasteiger partial charge in [0.25, 0.3) is 0 Å². The van der Waals surface area contributed by atoms with Crippen LogP contribution in [0.2, 0.25) is 0 Å². The Morgan fingerprint density at radius 3 is 2.07 bits per heavy atom. The molecule has 0 saturated carbocycles. The van der Waals surface area contributed by atoms with Crippen LogP contribution in [-0.2, 0) is 16.1 Å². The molecule has 0 heterocycles. The zero-order valence-corrected chi connectivity index (χ0v) is 17.1. The molecule has 28 heavy (non-hydrogen) atoms. The van der Waals surface area contributed by atoms with E-state index < -0.39 is 0 Å². The Hall–Kier alpha value is -3.02. The third-order valence-electron chi connectivity index (χ3n) is 4.59. The molecule has 0 radical (unpaired) electrons. The number of nitrogens with zero attached hydrogens (tertiary/aromatic N) is 2. The molecule has 0 aliphatic carbocycles. The summed E-state index contributed by atoms with van der Waals surface area (Å²) in [5.41, 5.74) is 2.77. The molecule has 6 heteroatoms. The van der Waals surface area contributed by atoms with Crippen molar-refractivity contribution in [3.63, 3.8) is 0 Å². The zero-order valence-electron chi connectivity index (χ0n) is 17.1. The van der Waals surface area contributed by atoms with Crippen LogP contribution in [-0.4, -0.2) is 43.5 Å². The van der Waals surface area contributed by atoms with Gasteiger partial charge in [-0.3, -0.25) is 9.59 Å². The Morgan fingerprint density at radius 2 is 1.57 bits per heavy atom. The van der Waals surface area contributed by atoms with Gasteiger partial charge in [-0.25, -0.2) is 0 Å². The van der Waals surface area contributed by atoms with Gasteiger partial charge >= 0.3 is 0 Å². The second-order valence-corrected chi connectivity index (χ2v) is 6.49. The van der Waals surface area contributed by atoms with Crippen molar-refractivity contribution in [1.82, 2.24) is 4.90 Å². The van der Waals surface area contributed by atoms with Gasteiger partial charge in [0.15, 0.2) is 0 Å². The quantitative estimate of drug-likeness (QED) is 0.720. The summed E-state index contributed by atoms with van der Waals surface area (Å²) in [6.07, 6.45) is 0. The van der Waals surface area contributed by atoms with E-state index in [-0.39, 0.29) is 18.4 Å². The fourth-order valence-electron chi connectivity index (χ4n) is 2.95. The highest BCUT2D eigenvalue weighted by atomic mass is 16.5. The molecule has 2 rings (SSSR count). The predicted octanol–water partition coefficient (Wildman–Crippen LogP) is 3.53. The lowest BCUT2D eigenvalue weighted by molar-refractivity contribution is -0.133. The molecule has 6 nitrogen and oxygen atoms in total. The van der Waals surface area contributed by atoms with Crippen LogP contribution in [0.4, 0.5) is 11.4 Å². The molecule has 0 fully saturated rings. The molecule has 0 bridgehead atoms. The highest BCUT2D eigenvalue weighted by molar-refractivity contribution is 5.94. The predicted molar refractivity (Wildman–Crippen MR) is 113 cm³/mol. The molecule has 2 aromatic rings. The third kappa shape index (κ3) is 6.01. The molecule has 0 aromatic heterocycles. The molecular weight excluding hydrogens is 354 g/mol. The van der Waals surface area contributed by atoms with E-state index in [4.69, 9.17) is 4.74 Å². The molecule has 0 aliphatic heterocycles. The van der Waals surface area contributed by atoms with Crippen LogP contribution in [0.25, 0.3) is 0 Å². The fraction of sp³-hybridized carbons (Fsp3) is 0.364. The number of rotatable bonds is 9. The molecule has 2 aromatic carbocycles. The van der Waals surface area contributed by atoms with Crippen molar-refractivity contribution in [3.8, 4) is 5.75 Å². The Labute approximate surface area is 167 Å². The van der Waals surface area contributed by atoms with E-state index in [1.807, 2.05) is 48.5 Å². The maximum atomic E-state index is 12.4. The molecule has 1 N–H and O–H groups in total. The summed E-state index contributed by atoms with van der Waals surface area (Å²) in [6.45, 7) is 7.92. The third-order valence-corrected chi connectivity index (χ3v) is 4.59. The average molecular weight is 383 g/mol. The number of amides is 2. The van der Waals surface area contributed by atoms with Crippen LogP contribution in [0.15, 0.2) is 48.5 Å². The van der Waals surface area contributed by atoms with Gasteiger partial charge in [0.05, 0.1) is 7.11 Å². The van der Waals surface area contributed by atoms with Crippen LogP contribution in [0.3, 0.4) is 0 Å². The SMILES string of the molecule is CCN(CC)c1ccc(NC(=O)CN(Cc2ccc(OC)cc2)C(C)=O)cc1. The summed E-state index contributed by atoms with van der Waals surface area (Å²) < 4.78 is 5.14. The van der Waals surface area contributed by atoms with Crippen molar-refractivity contribution in [2.45, 2.75) is 27.3 Å². The highest BCUT2D eigenvalue weighted by Gasteiger charge is 2.14. The standard InChI is InChI=1S/C22H29N3O3/c1-5-24(6-2)20-11-9-19(10-12-20)23-22(27)16-25(17(3)26)15-18-7-13-21(28-4)14-8-18/h7-14H,5-6,15-16H2,1-4H3,(H,23,27). The van der Waals surface area contributed by atoms with E-state index in [1.165, 1.54) is 11.8 Å². The normalized spacial score (nSPS) is 10.3. The summed E-state index contributed by atoms with van der Waals surface area (Å²) in [5.74, 6) is 0.381. The Balaban J connectivity index is 1.97. The van der Waals surface area contributed by atoms with E-state index in [2.05, 4.69) is 24.1 Å². The minimum atomic E-state index is -0.223. The highest BCUT2D eigenvalue weighted by Crippen LogP contribution is 2.18. The van der Waals surface area contributed by atoms with Crippen LogP contribution in [0.1, 0.15) is 26.3 Å². The maximum absolute atomic E-state index is 12.4. The summed E-state index contributed by atoms with van der Waals surface area (Å²) >= 11 is 0. The smallest absolute Gasteiger partial charge is 0.244 e. The van der Waals surface area contributed by atoms with E-state index in [0.717, 1.165) is 30.1 Å². The monoisotopic (exact) mass is 383 g/mol. The van der Waals surface area contributed by atoms with Gasteiger partial charge in [-0.1, -0.05) is 12.1 Å². The second-order valence-electron chi connectivity index (χ2n) is 6.49. The number of nitrogens with one attached hydrogen (secondary N) is 1. The molecule has 0 atom stereocenters. The molecule has 0 spiro atoms. The van der Waals surface area contributed by atoms with Gasteiger partial charge in [-0.2, -0.15) is 0 Å². The van der Waals surface area contributed by atoms with Crippen LogP contribution >= 0.6 is 0 Å². The van der Waals surface area contributed by atoms with Crippen molar-refractivity contribution < 1.29 is 14.3 Å². The molecular formula is C22H29N3O3. The van der Waals surface area contributed by atoms with Crippen molar-refractivity contribution >= 4 is 23.2 Å². The lowest BCUT2D eigenvalue weighted by atomic mass is 10.2. The number of benzene rings is 2. The van der Waals surface area contributed by atoms with E-state index in [0.29, 0.717) is 12.2 Å². The van der Waals surface area contributed by atoms with E-state index >= 15 is 0 Å². The first kappa shape index (κ1) is 21.3. The van der Waals surface area contributed by atoms with Gasteiger partial charge < -0.3 is 19.9 Å². The average Bonchev–Trinajstić information content (AvgIpc) is 2.70. The van der Waals surface area contributed by atoms with Gasteiger partial charge in [-0.05, 0) is 55.8 Å². The van der Waals surface area contributed by atoms with Crippen LogP contribution in [0.5, 0.6) is 5.75 Å². The summed E-state index contributed by atoms with van der Waals surface area (Å²) in [7, 11) is 1.61. The second kappa shape index (κ2) is 10.3. The molecule has 0 saturated heterocycles. The molecule has 150 valence electrons. The van der Waals surface area contributed by atoms with Gasteiger partial charge in [-0.15, -0.1) is 0 Å². The lowest BCUT2D eigenvalue weighted by Gasteiger charge is -2.22. The maximum Gasteiger partial charge on any atom is 0.244 e. The minimum Gasteiger partial charge on any atom is -0.497 e. The summed E-state index contributed by atoms with van der Waals surface area (Å²) in [5, 5.41) is 2.86. The first-order chi connectivity index (χ1) is 13.5. The van der Waals surface area contributed by atoms with Crippen molar-refractivity contribution in [1.29, 1.82) is 0 Å². The minimum absolute atomic E-state index is 0.000834.